The van der Waals surface area contributed by atoms with Gasteiger partial charge in [-0.1, -0.05) is 32.9 Å². The van der Waals surface area contributed by atoms with Gasteiger partial charge in [0, 0.05) is 50.6 Å². The molecule has 0 bridgehead atoms. The van der Waals surface area contributed by atoms with E-state index >= 15 is 0 Å². The van der Waals surface area contributed by atoms with Crippen LogP contribution in [0, 0.1) is 5.92 Å². The number of likely N-dealkylation sites (tertiary alicyclic amines) is 1. The minimum atomic E-state index is -0.652. The molecule has 2 N–H and O–H groups in total. The molecular formula is C24H33N5O3. The number of fused-ring (bicyclic) bond motifs is 2. The van der Waals surface area contributed by atoms with E-state index in [1.807, 2.05) is 35.0 Å². The van der Waals surface area contributed by atoms with Gasteiger partial charge in [-0.3, -0.25) is 4.79 Å². The SMILES string of the molecule is CCc1ccc(NC(=O)N2CCC3(CC2)O[C@@H](C(=O)NCC(C)C)Cn2ccnc23)cc1. The number of rotatable bonds is 5. The van der Waals surface area contributed by atoms with Crippen molar-refractivity contribution in [3.8, 4) is 0 Å². The lowest BCUT2D eigenvalue weighted by Crippen LogP contribution is -2.55. The summed E-state index contributed by atoms with van der Waals surface area (Å²) in [5.74, 6) is 1.13. The zero-order valence-electron chi connectivity index (χ0n) is 19.1. The predicted molar refractivity (Wildman–Crippen MR) is 122 cm³/mol. The summed E-state index contributed by atoms with van der Waals surface area (Å²) in [5, 5.41) is 5.97. The highest BCUT2D eigenvalue weighted by molar-refractivity contribution is 5.89. The van der Waals surface area contributed by atoms with Crippen LogP contribution in [0.3, 0.4) is 0 Å². The van der Waals surface area contributed by atoms with Crippen molar-refractivity contribution in [2.45, 2.75) is 58.3 Å². The van der Waals surface area contributed by atoms with E-state index in [9.17, 15) is 9.59 Å². The molecule has 1 aromatic heterocycles. The normalized spacial score (nSPS) is 19.6. The molecular weight excluding hydrogens is 406 g/mol. The molecule has 2 aliphatic heterocycles. The van der Waals surface area contributed by atoms with Crippen molar-refractivity contribution in [1.82, 2.24) is 19.8 Å². The van der Waals surface area contributed by atoms with E-state index in [0.29, 0.717) is 44.9 Å². The average molecular weight is 440 g/mol. The molecule has 1 spiro atoms. The number of urea groups is 1. The third kappa shape index (κ3) is 4.65. The van der Waals surface area contributed by atoms with E-state index in [-0.39, 0.29) is 11.9 Å². The number of ether oxygens (including phenoxy) is 1. The van der Waals surface area contributed by atoms with Gasteiger partial charge in [0.25, 0.3) is 5.91 Å². The molecule has 1 atom stereocenters. The lowest BCUT2D eigenvalue weighted by atomic mass is 9.88. The second kappa shape index (κ2) is 9.32. The molecule has 8 heteroatoms. The molecule has 1 fully saturated rings. The highest BCUT2D eigenvalue weighted by Gasteiger charge is 2.47. The minimum absolute atomic E-state index is 0.0897. The molecule has 0 unspecified atom stereocenters. The van der Waals surface area contributed by atoms with Crippen molar-refractivity contribution in [2.75, 3.05) is 25.0 Å². The zero-order valence-corrected chi connectivity index (χ0v) is 19.1. The Hall–Kier alpha value is -2.87. The van der Waals surface area contributed by atoms with Gasteiger partial charge in [0.15, 0.2) is 6.10 Å². The zero-order chi connectivity index (χ0) is 22.7. The summed E-state index contributed by atoms with van der Waals surface area (Å²) in [6.45, 7) is 8.38. The molecule has 0 aliphatic carbocycles. The number of imidazole rings is 1. The molecule has 3 heterocycles. The van der Waals surface area contributed by atoms with E-state index in [2.05, 4.69) is 36.4 Å². The second-order valence-electron chi connectivity index (χ2n) is 9.11. The quantitative estimate of drug-likeness (QED) is 0.749. The lowest BCUT2D eigenvalue weighted by Gasteiger charge is -2.45. The number of anilines is 1. The van der Waals surface area contributed by atoms with E-state index < -0.39 is 11.7 Å². The number of aromatic nitrogens is 2. The lowest BCUT2D eigenvalue weighted by molar-refractivity contribution is -0.171. The molecule has 0 saturated carbocycles. The van der Waals surface area contributed by atoms with Gasteiger partial charge < -0.3 is 24.8 Å². The number of piperidine rings is 1. The fraction of sp³-hybridized carbons (Fsp3) is 0.542. The fourth-order valence-corrected chi connectivity index (χ4v) is 4.39. The standard InChI is InChI=1S/C24H33N5O3/c1-4-18-5-7-19(8-6-18)27-23(31)28-12-9-24(10-13-28)22-25-11-14-29(22)16-20(32-24)21(30)26-15-17(2)3/h5-8,11,14,17,20H,4,9-10,12-13,15-16H2,1-3H3,(H,26,30)(H,27,31)/t20-/m1/s1. The van der Waals surface area contributed by atoms with Crippen LogP contribution in [0.4, 0.5) is 10.5 Å². The van der Waals surface area contributed by atoms with Gasteiger partial charge in [0.05, 0.1) is 6.54 Å². The first-order chi connectivity index (χ1) is 15.4. The summed E-state index contributed by atoms with van der Waals surface area (Å²) < 4.78 is 8.43. The number of amides is 3. The monoisotopic (exact) mass is 439 g/mol. The summed E-state index contributed by atoms with van der Waals surface area (Å²) in [4.78, 5) is 31.9. The van der Waals surface area contributed by atoms with Crippen LogP contribution in [0.5, 0.6) is 0 Å². The van der Waals surface area contributed by atoms with Gasteiger partial charge in [0.2, 0.25) is 0 Å². The number of hydrogen-bond acceptors (Lipinski definition) is 4. The van der Waals surface area contributed by atoms with Gasteiger partial charge in [-0.2, -0.15) is 0 Å². The Labute approximate surface area is 189 Å². The van der Waals surface area contributed by atoms with Gasteiger partial charge in [-0.15, -0.1) is 0 Å². The first-order valence-corrected chi connectivity index (χ1v) is 11.5. The first kappa shape index (κ1) is 22.3. The molecule has 1 saturated heterocycles. The smallest absolute Gasteiger partial charge is 0.321 e. The maximum Gasteiger partial charge on any atom is 0.321 e. The van der Waals surface area contributed by atoms with Crippen molar-refractivity contribution >= 4 is 17.6 Å². The Morgan fingerprint density at radius 1 is 1.22 bits per heavy atom. The largest absolute Gasteiger partial charge is 0.354 e. The third-order valence-corrected chi connectivity index (χ3v) is 6.30. The number of aryl methyl sites for hydroxylation is 1. The Morgan fingerprint density at radius 2 is 1.94 bits per heavy atom. The molecule has 172 valence electrons. The van der Waals surface area contributed by atoms with Crippen LogP contribution >= 0.6 is 0 Å². The number of nitrogens with one attached hydrogen (secondary N) is 2. The van der Waals surface area contributed by atoms with E-state index in [4.69, 9.17) is 4.74 Å². The molecule has 0 radical (unpaired) electrons. The molecule has 2 aromatic rings. The number of carbonyl (C=O) groups is 2. The maximum absolute atomic E-state index is 12.8. The average Bonchev–Trinajstić information content (AvgIpc) is 3.28. The van der Waals surface area contributed by atoms with Crippen molar-refractivity contribution < 1.29 is 14.3 Å². The molecule has 2 aliphatic rings. The Morgan fingerprint density at radius 3 is 2.59 bits per heavy atom. The van der Waals surface area contributed by atoms with Crippen LogP contribution in [0.1, 0.15) is 45.0 Å². The van der Waals surface area contributed by atoms with Crippen LogP contribution < -0.4 is 10.6 Å². The van der Waals surface area contributed by atoms with Gasteiger partial charge in [-0.05, 0) is 30.0 Å². The third-order valence-electron chi connectivity index (χ3n) is 6.30. The Balaban J connectivity index is 1.41. The van der Waals surface area contributed by atoms with Crippen molar-refractivity contribution in [2.24, 2.45) is 5.92 Å². The van der Waals surface area contributed by atoms with Crippen LogP contribution in [0.15, 0.2) is 36.7 Å². The first-order valence-electron chi connectivity index (χ1n) is 11.5. The second-order valence-corrected chi connectivity index (χ2v) is 9.11. The number of nitrogens with zero attached hydrogens (tertiary/aromatic N) is 3. The summed E-state index contributed by atoms with van der Waals surface area (Å²) in [6, 6.07) is 7.81. The van der Waals surface area contributed by atoms with Crippen LogP contribution in [-0.2, 0) is 28.1 Å². The number of benzene rings is 1. The van der Waals surface area contributed by atoms with Gasteiger partial charge >= 0.3 is 6.03 Å². The van der Waals surface area contributed by atoms with Gasteiger partial charge in [-0.25, -0.2) is 9.78 Å². The van der Waals surface area contributed by atoms with Gasteiger partial charge in [0.1, 0.15) is 11.4 Å². The molecule has 1 aromatic carbocycles. The van der Waals surface area contributed by atoms with Crippen molar-refractivity contribution in [1.29, 1.82) is 0 Å². The summed E-state index contributed by atoms with van der Waals surface area (Å²) in [5.41, 5.74) is 1.37. The molecule has 32 heavy (non-hydrogen) atoms. The fourth-order valence-electron chi connectivity index (χ4n) is 4.39. The number of hydrogen-bond donors (Lipinski definition) is 2. The molecule has 8 nitrogen and oxygen atoms in total. The van der Waals surface area contributed by atoms with Crippen LogP contribution in [0.25, 0.3) is 0 Å². The van der Waals surface area contributed by atoms with E-state index in [1.54, 1.807) is 11.1 Å². The summed E-state index contributed by atoms with van der Waals surface area (Å²) in [6.07, 6.45) is 5.26. The highest BCUT2D eigenvalue weighted by Crippen LogP contribution is 2.40. The highest BCUT2D eigenvalue weighted by atomic mass is 16.5. The predicted octanol–water partition coefficient (Wildman–Crippen LogP) is 3.14. The van der Waals surface area contributed by atoms with Crippen molar-refractivity contribution in [3.05, 3.63) is 48.0 Å². The summed E-state index contributed by atoms with van der Waals surface area (Å²) >= 11 is 0. The topological polar surface area (TPSA) is 88.5 Å². The Kier molecular flexibility index (Phi) is 6.50. The van der Waals surface area contributed by atoms with Crippen LogP contribution in [0.2, 0.25) is 0 Å². The minimum Gasteiger partial charge on any atom is -0.354 e. The number of carbonyl (C=O) groups excluding carboxylic acids is 2. The van der Waals surface area contributed by atoms with E-state index in [0.717, 1.165) is 17.9 Å². The molecule has 4 rings (SSSR count). The van der Waals surface area contributed by atoms with Crippen LogP contribution in [-0.4, -0.2) is 52.1 Å². The maximum atomic E-state index is 12.8. The summed E-state index contributed by atoms with van der Waals surface area (Å²) in [7, 11) is 0. The van der Waals surface area contributed by atoms with Crippen molar-refractivity contribution in [3.63, 3.8) is 0 Å². The Bertz CT molecular complexity index is 945. The van der Waals surface area contributed by atoms with E-state index in [1.165, 1.54) is 5.56 Å². The molecule has 3 amide bonds.